The molecule has 0 aliphatic heterocycles. The molecular weight excluding hydrogens is 358 g/mol. The third-order valence-corrected chi connectivity index (χ3v) is 5.71. The van der Waals surface area contributed by atoms with Gasteiger partial charge in [0, 0.05) is 18.7 Å². The second-order valence-electron chi connectivity index (χ2n) is 5.22. The summed E-state index contributed by atoms with van der Waals surface area (Å²) >= 11 is 3.40. The van der Waals surface area contributed by atoms with Crippen LogP contribution in [0.15, 0.2) is 22.9 Å². The fraction of sp³-hybridized carbons (Fsp3) is 0.462. The Morgan fingerprint density at radius 3 is 3.00 bits per heavy atom. The van der Waals surface area contributed by atoms with Crippen molar-refractivity contribution in [1.29, 1.82) is 0 Å². The van der Waals surface area contributed by atoms with Gasteiger partial charge in [-0.2, -0.15) is 0 Å². The number of rotatable bonds is 6. The van der Waals surface area contributed by atoms with Gasteiger partial charge in [-0.05, 0) is 40.8 Å². The summed E-state index contributed by atoms with van der Waals surface area (Å²) in [7, 11) is -1.95. The number of nitrogens with one attached hydrogen (secondary N) is 2. The third-order valence-electron chi connectivity index (χ3n) is 3.63. The summed E-state index contributed by atoms with van der Waals surface area (Å²) in [6, 6.07) is 1.86. The largest absolute Gasteiger partial charge is 0.380 e. The first-order chi connectivity index (χ1) is 10.00. The lowest BCUT2D eigenvalue weighted by Crippen LogP contribution is -2.29. The Morgan fingerprint density at radius 1 is 1.57 bits per heavy atom. The number of H-pyrrole nitrogens is 1. The van der Waals surface area contributed by atoms with E-state index in [0.717, 1.165) is 23.7 Å². The molecule has 1 saturated carbocycles. The van der Waals surface area contributed by atoms with Crippen molar-refractivity contribution < 1.29 is 13.2 Å². The maximum atomic E-state index is 12.3. The summed E-state index contributed by atoms with van der Waals surface area (Å²) in [5, 5.41) is 0.883. The van der Waals surface area contributed by atoms with Crippen molar-refractivity contribution in [2.75, 3.05) is 17.6 Å². The van der Waals surface area contributed by atoms with Crippen LogP contribution in [0.1, 0.15) is 12.8 Å². The molecule has 8 heteroatoms. The van der Waals surface area contributed by atoms with Crippen LogP contribution in [0.25, 0.3) is 10.9 Å². The summed E-state index contributed by atoms with van der Waals surface area (Å²) in [6.07, 6.45) is 5.20. The Labute approximate surface area is 131 Å². The SMILES string of the molecule is COC(CS(=O)(=O)Nc1ncc2[nH]ccc2c1Br)C1CC1. The summed E-state index contributed by atoms with van der Waals surface area (Å²) in [4.78, 5) is 7.17. The van der Waals surface area contributed by atoms with E-state index in [0.29, 0.717) is 16.2 Å². The highest BCUT2D eigenvalue weighted by Gasteiger charge is 2.34. The second-order valence-corrected chi connectivity index (χ2v) is 7.78. The van der Waals surface area contributed by atoms with Gasteiger partial charge in [-0.25, -0.2) is 13.4 Å². The molecule has 0 spiro atoms. The van der Waals surface area contributed by atoms with Crippen LogP contribution in [0.5, 0.6) is 0 Å². The summed E-state index contributed by atoms with van der Waals surface area (Å²) in [5.41, 5.74) is 0.845. The van der Waals surface area contributed by atoms with E-state index in [2.05, 4.69) is 30.6 Å². The number of methoxy groups -OCH3 is 1. The molecule has 114 valence electrons. The van der Waals surface area contributed by atoms with Crippen molar-refractivity contribution in [3.63, 3.8) is 0 Å². The maximum Gasteiger partial charge on any atom is 0.236 e. The summed E-state index contributed by atoms with van der Waals surface area (Å²) in [5.74, 6) is 0.607. The van der Waals surface area contributed by atoms with Gasteiger partial charge in [-0.3, -0.25) is 4.72 Å². The number of nitrogens with zero attached hydrogens (tertiary/aromatic N) is 1. The highest BCUT2D eigenvalue weighted by Crippen LogP contribution is 2.35. The number of hydrogen-bond donors (Lipinski definition) is 2. The van der Waals surface area contributed by atoms with E-state index in [4.69, 9.17) is 4.74 Å². The third kappa shape index (κ3) is 3.22. The number of anilines is 1. The molecule has 0 radical (unpaired) electrons. The number of halogens is 1. The normalized spacial score (nSPS) is 17.0. The first-order valence-corrected chi connectivity index (χ1v) is 9.09. The number of sulfonamides is 1. The van der Waals surface area contributed by atoms with Crippen LogP contribution in [-0.2, 0) is 14.8 Å². The van der Waals surface area contributed by atoms with E-state index in [-0.39, 0.29) is 11.9 Å². The zero-order chi connectivity index (χ0) is 15.0. The van der Waals surface area contributed by atoms with Crippen molar-refractivity contribution in [3.05, 3.63) is 22.9 Å². The molecule has 2 N–H and O–H groups in total. The molecule has 21 heavy (non-hydrogen) atoms. The lowest BCUT2D eigenvalue weighted by Gasteiger charge is -2.16. The molecule has 3 rings (SSSR count). The standard InChI is InChI=1S/C13H16BrN3O3S/c1-20-11(8-2-3-8)7-21(18,19)17-13-12(14)9-4-5-15-10(9)6-16-13/h4-6,8,11,15H,2-3,7H2,1H3,(H,16,17). The van der Waals surface area contributed by atoms with E-state index >= 15 is 0 Å². The molecule has 1 aliphatic carbocycles. The van der Waals surface area contributed by atoms with Gasteiger partial charge in [0.05, 0.1) is 28.0 Å². The fourth-order valence-corrected chi connectivity index (χ4v) is 4.39. The van der Waals surface area contributed by atoms with Gasteiger partial charge in [0.1, 0.15) is 0 Å². The molecule has 2 aromatic rings. The predicted octanol–water partition coefficient (Wildman–Crippen LogP) is 2.49. The molecule has 1 unspecified atom stereocenters. The Balaban J connectivity index is 1.81. The molecular formula is C13H16BrN3O3S. The average molecular weight is 374 g/mol. The molecule has 1 fully saturated rings. The topological polar surface area (TPSA) is 84.1 Å². The Hall–Kier alpha value is -1.12. The van der Waals surface area contributed by atoms with Gasteiger partial charge in [0.15, 0.2) is 5.82 Å². The van der Waals surface area contributed by atoms with Crippen LogP contribution in [0.3, 0.4) is 0 Å². The van der Waals surface area contributed by atoms with Crippen molar-refractivity contribution in [2.24, 2.45) is 5.92 Å². The highest BCUT2D eigenvalue weighted by atomic mass is 79.9. The molecule has 0 bridgehead atoms. The van der Waals surface area contributed by atoms with Crippen molar-refractivity contribution in [1.82, 2.24) is 9.97 Å². The first-order valence-electron chi connectivity index (χ1n) is 6.65. The average Bonchev–Trinajstić information content (AvgIpc) is 3.17. The number of aromatic amines is 1. The lowest BCUT2D eigenvalue weighted by molar-refractivity contribution is 0.103. The molecule has 0 amide bonds. The van der Waals surface area contributed by atoms with E-state index in [9.17, 15) is 8.42 Å². The van der Waals surface area contributed by atoms with Gasteiger partial charge in [0.2, 0.25) is 10.0 Å². The van der Waals surface area contributed by atoms with Gasteiger partial charge >= 0.3 is 0 Å². The number of fused-ring (bicyclic) bond motifs is 1. The zero-order valence-corrected chi connectivity index (χ0v) is 13.9. The number of pyridine rings is 1. The van der Waals surface area contributed by atoms with Gasteiger partial charge in [-0.15, -0.1) is 0 Å². The van der Waals surface area contributed by atoms with Crippen molar-refractivity contribution in [3.8, 4) is 0 Å². The van der Waals surface area contributed by atoms with Crippen LogP contribution in [-0.4, -0.2) is 37.4 Å². The number of ether oxygens (including phenoxy) is 1. The Morgan fingerprint density at radius 2 is 2.33 bits per heavy atom. The maximum absolute atomic E-state index is 12.3. The minimum atomic E-state index is -3.50. The minimum absolute atomic E-state index is 0.0482. The minimum Gasteiger partial charge on any atom is -0.380 e. The Bertz CT molecular complexity index is 755. The number of hydrogen-bond acceptors (Lipinski definition) is 4. The van der Waals surface area contributed by atoms with Crippen LogP contribution in [0, 0.1) is 5.92 Å². The lowest BCUT2D eigenvalue weighted by atomic mass is 10.3. The van der Waals surface area contributed by atoms with Crippen LogP contribution < -0.4 is 4.72 Å². The van der Waals surface area contributed by atoms with Gasteiger partial charge < -0.3 is 9.72 Å². The van der Waals surface area contributed by atoms with Crippen molar-refractivity contribution >= 4 is 42.7 Å². The predicted molar refractivity (Wildman–Crippen MR) is 84.7 cm³/mol. The second kappa shape index (κ2) is 5.58. The van der Waals surface area contributed by atoms with Crippen LogP contribution >= 0.6 is 15.9 Å². The van der Waals surface area contributed by atoms with E-state index in [1.54, 1.807) is 19.5 Å². The summed E-state index contributed by atoms with van der Waals surface area (Å²) < 4.78 is 33.0. The van der Waals surface area contributed by atoms with Crippen molar-refractivity contribution in [2.45, 2.75) is 18.9 Å². The molecule has 6 nitrogen and oxygen atoms in total. The Kier molecular flexibility index (Phi) is 3.94. The summed E-state index contributed by atoms with van der Waals surface area (Å²) in [6.45, 7) is 0. The molecule has 0 aromatic carbocycles. The molecule has 2 heterocycles. The van der Waals surface area contributed by atoms with Gasteiger partial charge in [-0.1, -0.05) is 0 Å². The molecule has 1 atom stereocenters. The van der Waals surface area contributed by atoms with Crippen LogP contribution in [0.4, 0.5) is 5.82 Å². The molecule has 2 aromatic heterocycles. The highest BCUT2D eigenvalue weighted by molar-refractivity contribution is 9.10. The zero-order valence-electron chi connectivity index (χ0n) is 11.5. The van der Waals surface area contributed by atoms with Gasteiger partial charge in [0.25, 0.3) is 0 Å². The van der Waals surface area contributed by atoms with Crippen LogP contribution in [0.2, 0.25) is 0 Å². The fourth-order valence-electron chi connectivity index (χ4n) is 2.33. The molecule has 1 aliphatic rings. The van der Waals surface area contributed by atoms with E-state index in [1.807, 2.05) is 6.07 Å². The van der Waals surface area contributed by atoms with E-state index in [1.165, 1.54) is 0 Å². The quantitative estimate of drug-likeness (QED) is 0.814. The smallest absolute Gasteiger partial charge is 0.236 e. The number of aromatic nitrogens is 2. The molecule has 0 saturated heterocycles. The van der Waals surface area contributed by atoms with E-state index < -0.39 is 10.0 Å². The monoisotopic (exact) mass is 373 g/mol. The first kappa shape index (κ1) is 14.8.